The number of ether oxygens (including phenoxy) is 1. The van der Waals surface area contributed by atoms with Crippen LogP contribution in [0.1, 0.15) is 43.4 Å². The number of nitrogens with one attached hydrogen (secondary N) is 1. The zero-order valence-electron chi connectivity index (χ0n) is 10.8. The molecular formula is C14H23NO. The second kappa shape index (κ2) is 6.54. The van der Waals surface area contributed by atoms with Gasteiger partial charge in [0.15, 0.2) is 0 Å². The highest BCUT2D eigenvalue weighted by molar-refractivity contribution is 5.39. The van der Waals surface area contributed by atoms with Crippen molar-refractivity contribution in [2.45, 2.75) is 39.2 Å². The second-order valence-electron chi connectivity index (χ2n) is 4.23. The van der Waals surface area contributed by atoms with E-state index in [4.69, 9.17) is 4.74 Å². The Hall–Kier alpha value is -1.02. The van der Waals surface area contributed by atoms with Crippen LogP contribution in [0.2, 0.25) is 0 Å². The minimum atomic E-state index is 0.399. The third kappa shape index (κ3) is 3.24. The summed E-state index contributed by atoms with van der Waals surface area (Å²) < 4.78 is 5.45. The molecule has 0 aliphatic heterocycles. The van der Waals surface area contributed by atoms with Crippen molar-refractivity contribution < 1.29 is 4.74 Å². The maximum absolute atomic E-state index is 5.45. The molecule has 1 aromatic rings. The van der Waals surface area contributed by atoms with Crippen molar-refractivity contribution in [3.8, 4) is 5.75 Å². The summed E-state index contributed by atoms with van der Waals surface area (Å²) in [6, 6.07) is 6.82. The Balaban J connectivity index is 2.90. The molecule has 0 saturated heterocycles. The lowest BCUT2D eigenvalue weighted by Crippen LogP contribution is -2.17. The fourth-order valence-corrected chi connectivity index (χ4v) is 1.97. The molecule has 0 radical (unpaired) electrons. The molecule has 0 aromatic heterocycles. The lowest BCUT2D eigenvalue weighted by atomic mass is 9.99. The fourth-order valence-electron chi connectivity index (χ4n) is 1.97. The van der Waals surface area contributed by atoms with Gasteiger partial charge in [-0.15, -0.1) is 0 Å². The number of hydrogen-bond donors (Lipinski definition) is 1. The quantitative estimate of drug-likeness (QED) is 0.794. The molecule has 0 fully saturated rings. The molecule has 1 rings (SSSR count). The molecular weight excluding hydrogens is 198 g/mol. The van der Waals surface area contributed by atoms with Crippen molar-refractivity contribution in [1.29, 1.82) is 0 Å². The zero-order chi connectivity index (χ0) is 12.0. The van der Waals surface area contributed by atoms with E-state index < -0.39 is 0 Å². The molecule has 0 amide bonds. The van der Waals surface area contributed by atoms with E-state index in [9.17, 15) is 0 Å². The van der Waals surface area contributed by atoms with Crippen LogP contribution in [-0.2, 0) is 0 Å². The van der Waals surface area contributed by atoms with E-state index in [1.807, 2.05) is 7.05 Å². The molecule has 90 valence electrons. The predicted octanol–water partition coefficient (Wildman–Crippen LogP) is 3.45. The Kier molecular flexibility index (Phi) is 5.33. The van der Waals surface area contributed by atoms with Gasteiger partial charge in [0.25, 0.3) is 0 Å². The van der Waals surface area contributed by atoms with Crippen LogP contribution in [0.3, 0.4) is 0 Å². The highest BCUT2D eigenvalue weighted by atomic mass is 16.5. The minimum absolute atomic E-state index is 0.399. The van der Waals surface area contributed by atoms with Crippen molar-refractivity contribution in [2.24, 2.45) is 0 Å². The monoisotopic (exact) mass is 221 g/mol. The fraction of sp³-hybridized carbons (Fsp3) is 0.571. The van der Waals surface area contributed by atoms with Crippen molar-refractivity contribution in [3.05, 3.63) is 29.3 Å². The van der Waals surface area contributed by atoms with Crippen molar-refractivity contribution >= 4 is 0 Å². The molecule has 2 heteroatoms. The van der Waals surface area contributed by atoms with Gasteiger partial charge in [0.1, 0.15) is 5.75 Å². The third-order valence-electron chi connectivity index (χ3n) is 2.96. The summed E-state index contributed by atoms with van der Waals surface area (Å²) in [5.41, 5.74) is 2.51. The molecule has 1 N–H and O–H groups in total. The minimum Gasteiger partial charge on any atom is -0.496 e. The SMILES string of the molecule is CCCCC(NC)c1ccc(C)cc1OC. The van der Waals surface area contributed by atoms with Crippen LogP contribution in [0.4, 0.5) is 0 Å². The van der Waals surface area contributed by atoms with Crippen LogP contribution >= 0.6 is 0 Å². The third-order valence-corrected chi connectivity index (χ3v) is 2.96. The normalized spacial score (nSPS) is 12.5. The van der Waals surface area contributed by atoms with Crippen molar-refractivity contribution in [1.82, 2.24) is 5.32 Å². The summed E-state index contributed by atoms with van der Waals surface area (Å²) in [7, 11) is 3.75. The maximum atomic E-state index is 5.45. The van der Waals surface area contributed by atoms with Crippen LogP contribution in [0.25, 0.3) is 0 Å². The molecule has 1 atom stereocenters. The predicted molar refractivity (Wildman–Crippen MR) is 69.1 cm³/mol. The number of methoxy groups -OCH3 is 1. The number of rotatable bonds is 6. The zero-order valence-corrected chi connectivity index (χ0v) is 10.8. The Morgan fingerprint density at radius 3 is 2.69 bits per heavy atom. The van der Waals surface area contributed by atoms with Gasteiger partial charge in [-0.2, -0.15) is 0 Å². The second-order valence-corrected chi connectivity index (χ2v) is 4.23. The number of unbranched alkanes of at least 4 members (excludes halogenated alkanes) is 1. The molecule has 1 unspecified atom stereocenters. The van der Waals surface area contributed by atoms with Crippen LogP contribution in [0.15, 0.2) is 18.2 Å². The Labute approximate surface area is 99.0 Å². The molecule has 0 saturated carbocycles. The molecule has 1 aromatic carbocycles. The molecule has 0 heterocycles. The van der Waals surface area contributed by atoms with Crippen LogP contribution in [0, 0.1) is 6.92 Å². The van der Waals surface area contributed by atoms with Gasteiger partial charge in [0.05, 0.1) is 7.11 Å². The first-order valence-electron chi connectivity index (χ1n) is 6.04. The summed E-state index contributed by atoms with van der Waals surface area (Å²) in [6.45, 7) is 4.31. The molecule has 0 spiro atoms. The highest BCUT2D eigenvalue weighted by Crippen LogP contribution is 2.29. The van der Waals surface area contributed by atoms with E-state index in [1.165, 1.54) is 24.0 Å². The molecule has 0 aliphatic carbocycles. The van der Waals surface area contributed by atoms with Crippen LogP contribution in [-0.4, -0.2) is 14.2 Å². The standard InChI is InChI=1S/C14H23NO/c1-5-6-7-13(15-3)12-9-8-11(2)10-14(12)16-4/h8-10,13,15H,5-7H2,1-4H3. The lowest BCUT2D eigenvalue weighted by Gasteiger charge is -2.19. The van der Waals surface area contributed by atoms with Gasteiger partial charge >= 0.3 is 0 Å². The van der Waals surface area contributed by atoms with Crippen molar-refractivity contribution in [2.75, 3.05) is 14.2 Å². The average Bonchev–Trinajstić information content (AvgIpc) is 2.31. The highest BCUT2D eigenvalue weighted by Gasteiger charge is 2.13. The van der Waals surface area contributed by atoms with E-state index >= 15 is 0 Å². The van der Waals surface area contributed by atoms with Gasteiger partial charge in [-0.1, -0.05) is 31.9 Å². The van der Waals surface area contributed by atoms with E-state index in [-0.39, 0.29) is 0 Å². The maximum Gasteiger partial charge on any atom is 0.123 e. The van der Waals surface area contributed by atoms with Crippen LogP contribution < -0.4 is 10.1 Å². The Morgan fingerprint density at radius 2 is 2.12 bits per heavy atom. The lowest BCUT2D eigenvalue weighted by molar-refractivity contribution is 0.397. The Morgan fingerprint density at radius 1 is 1.38 bits per heavy atom. The summed E-state index contributed by atoms with van der Waals surface area (Å²) >= 11 is 0. The Bertz CT molecular complexity index is 323. The van der Waals surface area contributed by atoms with Crippen molar-refractivity contribution in [3.63, 3.8) is 0 Å². The molecule has 0 bridgehead atoms. The molecule has 0 aliphatic rings. The summed E-state index contributed by atoms with van der Waals surface area (Å²) in [4.78, 5) is 0. The van der Waals surface area contributed by atoms with E-state index in [2.05, 4.69) is 37.4 Å². The van der Waals surface area contributed by atoms with E-state index in [0.29, 0.717) is 6.04 Å². The summed E-state index contributed by atoms with van der Waals surface area (Å²) in [6.07, 6.45) is 3.63. The van der Waals surface area contributed by atoms with Gasteiger partial charge < -0.3 is 10.1 Å². The number of aryl methyl sites for hydroxylation is 1. The van der Waals surface area contributed by atoms with E-state index in [1.54, 1.807) is 7.11 Å². The molecule has 16 heavy (non-hydrogen) atoms. The van der Waals surface area contributed by atoms with E-state index in [0.717, 1.165) is 12.2 Å². The van der Waals surface area contributed by atoms with Gasteiger partial charge in [0, 0.05) is 11.6 Å². The number of hydrogen-bond acceptors (Lipinski definition) is 2. The van der Waals surface area contributed by atoms with Crippen LogP contribution in [0.5, 0.6) is 5.75 Å². The number of benzene rings is 1. The van der Waals surface area contributed by atoms with Gasteiger partial charge in [0.2, 0.25) is 0 Å². The topological polar surface area (TPSA) is 21.3 Å². The summed E-state index contributed by atoms with van der Waals surface area (Å²) in [5.74, 6) is 0.996. The largest absolute Gasteiger partial charge is 0.496 e. The van der Waals surface area contributed by atoms with Gasteiger partial charge in [-0.25, -0.2) is 0 Å². The summed E-state index contributed by atoms with van der Waals surface area (Å²) in [5, 5.41) is 3.37. The first-order chi connectivity index (χ1) is 7.72. The average molecular weight is 221 g/mol. The first-order valence-corrected chi connectivity index (χ1v) is 6.04. The molecule has 2 nitrogen and oxygen atoms in total. The smallest absolute Gasteiger partial charge is 0.123 e. The van der Waals surface area contributed by atoms with Gasteiger partial charge in [-0.05, 0) is 32.0 Å². The first kappa shape index (κ1) is 13.0. The van der Waals surface area contributed by atoms with Gasteiger partial charge in [-0.3, -0.25) is 0 Å².